The Labute approximate surface area is 63.2 Å². The second-order valence-electron chi connectivity index (χ2n) is 1.95. The van der Waals surface area contributed by atoms with Crippen LogP contribution in [0.2, 0.25) is 0 Å². The van der Waals surface area contributed by atoms with Crippen molar-refractivity contribution in [2.45, 2.75) is 0 Å². The molecule has 0 unspecified atom stereocenters. The van der Waals surface area contributed by atoms with Crippen LogP contribution in [0.4, 0.5) is 5.82 Å². The van der Waals surface area contributed by atoms with E-state index in [-0.39, 0.29) is 0 Å². The normalized spacial score (nSPS) is 13.5. The van der Waals surface area contributed by atoms with Crippen LogP contribution in [0, 0.1) is 0 Å². The van der Waals surface area contributed by atoms with Crippen molar-refractivity contribution in [1.29, 1.82) is 0 Å². The number of aliphatic imine (C=N–C) groups is 1. The molecule has 0 radical (unpaired) electrons. The lowest BCUT2D eigenvalue weighted by Crippen LogP contribution is -1.82. The standard InChI is InChI=1S/C7H5N3O/c1-2-6-7(8-3-1)9-4-5-10-11-6/h1-5H. The SMILES string of the molecule is C1=NOc2cccnc2N=C1. The third-order valence-electron chi connectivity index (χ3n) is 1.23. The summed E-state index contributed by atoms with van der Waals surface area (Å²) in [5, 5.41) is 3.60. The van der Waals surface area contributed by atoms with E-state index in [1.54, 1.807) is 24.5 Å². The Bertz CT molecular complexity index is 319. The van der Waals surface area contributed by atoms with E-state index in [0.29, 0.717) is 11.6 Å². The van der Waals surface area contributed by atoms with Crippen molar-refractivity contribution in [3.05, 3.63) is 18.3 Å². The molecule has 0 aliphatic carbocycles. The first-order chi connectivity index (χ1) is 5.47. The minimum absolute atomic E-state index is 0.560. The molecule has 54 valence electrons. The topological polar surface area (TPSA) is 46.8 Å². The fraction of sp³-hybridized carbons (Fsp3) is 0. The van der Waals surface area contributed by atoms with Gasteiger partial charge in [0.05, 0.1) is 12.4 Å². The van der Waals surface area contributed by atoms with Crippen LogP contribution in [0.5, 0.6) is 5.75 Å². The van der Waals surface area contributed by atoms with Crippen molar-refractivity contribution in [3.63, 3.8) is 0 Å². The van der Waals surface area contributed by atoms with Gasteiger partial charge in [-0.1, -0.05) is 5.16 Å². The molecule has 1 aromatic heterocycles. The highest BCUT2D eigenvalue weighted by atomic mass is 16.6. The number of hydrogen-bond acceptors (Lipinski definition) is 4. The van der Waals surface area contributed by atoms with E-state index in [1.807, 2.05) is 0 Å². The summed E-state index contributed by atoms with van der Waals surface area (Å²) >= 11 is 0. The van der Waals surface area contributed by atoms with Gasteiger partial charge in [0.2, 0.25) is 5.75 Å². The molecule has 0 atom stereocenters. The Morgan fingerprint density at radius 3 is 3.27 bits per heavy atom. The Morgan fingerprint density at radius 2 is 2.27 bits per heavy atom. The summed E-state index contributed by atoms with van der Waals surface area (Å²) in [5.41, 5.74) is 0. The highest BCUT2D eigenvalue weighted by Gasteiger charge is 2.02. The maximum absolute atomic E-state index is 4.93. The van der Waals surface area contributed by atoms with E-state index < -0.39 is 0 Å². The van der Waals surface area contributed by atoms with Crippen LogP contribution in [0.3, 0.4) is 0 Å². The average molecular weight is 147 g/mol. The number of oxime groups is 1. The van der Waals surface area contributed by atoms with Crippen molar-refractivity contribution in [3.8, 4) is 5.75 Å². The minimum Gasteiger partial charge on any atom is -0.353 e. The van der Waals surface area contributed by atoms with Gasteiger partial charge in [-0.15, -0.1) is 0 Å². The smallest absolute Gasteiger partial charge is 0.202 e. The largest absolute Gasteiger partial charge is 0.353 e. The van der Waals surface area contributed by atoms with Gasteiger partial charge in [0.25, 0.3) is 0 Å². The molecule has 2 rings (SSSR count). The van der Waals surface area contributed by atoms with E-state index in [2.05, 4.69) is 15.1 Å². The fourth-order valence-corrected chi connectivity index (χ4v) is 0.769. The molecule has 0 saturated carbocycles. The highest BCUT2D eigenvalue weighted by Crippen LogP contribution is 2.24. The lowest BCUT2D eigenvalue weighted by Gasteiger charge is -1.96. The van der Waals surface area contributed by atoms with E-state index in [1.165, 1.54) is 6.21 Å². The molecule has 1 aliphatic heterocycles. The molecule has 0 amide bonds. The predicted octanol–water partition coefficient (Wildman–Crippen LogP) is 1.16. The van der Waals surface area contributed by atoms with Crippen LogP contribution in [0.1, 0.15) is 0 Å². The third kappa shape index (κ3) is 1.10. The zero-order valence-corrected chi connectivity index (χ0v) is 5.64. The first-order valence-electron chi connectivity index (χ1n) is 3.15. The van der Waals surface area contributed by atoms with Crippen molar-refractivity contribution in [2.24, 2.45) is 10.1 Å². The molecule has 0 spiro atoms. The molecule has 0 aromatic carbocycles. The maximum Gasteiger partial charge on any atom is 0.202 e. The molecule has 1 aromatic rings. The lowest BCUT2D eigenvalue weighted by molar-refractivity contribution is 0.345. The Kier molecular flexibility index (Phi) is 1.37. The van der Waals surface area contributed by atoms with Gasteiger partial charge in [0.1, 0.15) is 0 Å². The average Bonchev–Trinajstić information content (AvgIpc) is 2.28. The van der Waals surface area contributed by atoms with E-state index >= 15 is 0 Å². The van der Waals surface area contributed by atoms with Gasteiger partial charge in [-0.3, -0.25) is 0 Å². The van der Waals surface area contributed by atoms with Gasteiger partial charge in [0.15, 0.2) is 5.82 Å². The quantitative estimate of drug-likeness (QED) is 0.552. The van der Waals surface area contributed by atoms with Crippen LogP contribution in [0.25, 0.3) is 0 Å². The maximum atomic E-state index is 4.93. The van der Waals surface area contributed by atoms with Crippen molar-refractivity contribution >= 4 is 18.2 Å². The molecule has 1 aliphatic rings. The van der Waals surface area contributed by atoms with Crippen molar-refractivity contribution < 1.29 is 4.84 Å². The van der Waals surface area contributed by atoms with Gasteiger partial charge in [-0.2, -0.15) is 0 Å². The van der Waals surface area contributed by atoms with Gasteiger partial charge < -0.3 is 4.84 Å². The molecule has 0 N–H and O–H groups in total. The lowest BCUT2D eigenvalue weighted by atomic mass is 10.4. The monoisotopic (exact) mass is 147 g/mol. The van der Waals surface area contributed by atoms with E-state index in [0.717, 1.165) is 0 Å². The summed E-state index contributed by atoms with van der Waals surface area (Å²) in [6, 6.07) is 3.54. The molecule has 2 heterocycles. The van der Waals surface area contributed by atoms with E-state index in [9.17, 15) is 0 Å². The third-order valence-corrected chi connectivity index (χ3v) is 1.23. The van der Waals surface area contributed by atoms with Gasteiger partial charge in [0, 0.05) is 6.20 Å². The summed E-state index contributed by atoms with van der Waals surface area (Å²) in [4.78, 5) is 12.9. The minimum atomic E-state index is 0.560. The second kappa shape index (κ2) is 2.49. The zero-order chi connectivity index (χ0) is 7.52. The summed E-state index contributed by atoms with van der Waals surface area (Å²) in [6.45, 7) is 0. The predicted molar refractivity (Wildman–Crippen MR) is 41.5 cm³/mol. The van der Waals surface area contributed by atoms with Crippen molar-refractivity contribution in [1.82, 2.24) is 4.98 Å². The Hall–Kier alpha value is -1.71. The van der Waals surface area contributed by atoms with Crippen LogP contribution in [-0.4, -0.2) is 17.4 Å². The van der Waals surface area contributed by atoms with Gasteiger partial charge in [-0.25, -0.2) is 9.98 Å². The fourth-order valence-electron chi connectivity index (χ4n) is 0.769. The number of hydrogen-bond donors (Lipinski definition) is 0. The molecule has 11 heavy (non-hydrogen) atoms. The molecule has 0 fully saturated rings. The summed E-state index contributed by atoms with van der Waals surface area (Å²) in [5.74, 6) is 1.14. The summed E-state index contributed by atoms with van der Waals surface area (Å²) in [6.07, 6.45) is 4.67. The second-order valence-corrected chi connectivity index (χ2v) is 1.95. The van der Waals surface area contributed by atoms with Gasteiger partial charge >= 0.3 is 0 Å². The summed E-state index contributed by atoms with van der Waals surface area (Å²) in [7, 11) is 0. The van der Waals surface area contributed by atoms with Crippen molar-refractivity contribution in [2.75, 3.05) is 0 Å². The Balaban J connectivity index is 2.52. The number of nitrogens with zero attached hydrogens (tertiary/aromatic N) is 3. The zero-order valence-electron chi connectivity index (χ0n) is 5.64. The molecule has 4 heteroatoms. The van der Waals surface area contributed by atoms with Gasteiger partial charge in [-0.05, 0) is 12.1 Å². The highest BCUT2D eigenvalue weighted by molar-refractivity contribution is 6.16. The number of pyridine rings is 1. The van der Waals surface area contributed by atoms with Crippen LogP contribution in [0.15, 0.2) is 28.5 Å². The van der Waals surface area contributed by atoms with Crippen LogP contribution >= 0.6 is 0 Å². The molecular weight excluding hydrogens is 142 g/mol. The molecular formula is C7H5N3O. The summed E-state index contributed by atoms with van der Waals surface area (Å²) < 4.78 is 0. The first kappa shape index (κ1) is 6.03. The Morgan fingerprint density at radius 1 is 1.27 bits per heavy atom. The molecule has 4 nitrogen and oxygen atoms in total. The van der Waals surface area contributed by atoms with Crippen LogP contribution in [-0.2, 0) is 0 Å². The molecule has 0 saturated heterocycles. The van der Waals surface area contributed by atoms with Crippen LogP contribution < -0.4 is 4.84 Å². The number of fused-ring (bicyclic) bond motifs is 1. The first-order valence-corrected chi connectivity index (χ1v) is 3.15. The number of rotatable bonds is 0. The number of aromatic nitrogens is 1. The van der Waals surface area contributed by atoms with E-state index in [4.69, 9.17) is 4.84 Å². The molecule has 0 bridgehead atoms.